The number of fused-ring (bicyclic) bond motifs is 1. The molecule has 0 bridgehead atoms. The van der Waals surface area contributed by atoms with Crippen LogP contribution in [0.25, 0.3) is 0 Å². The van der Waals surface area contributed by atoms with E-state index in [1.54, 1.807) is 12.1 Å². The molecule has 0 saturated heterocycles. The second-order valence-electron chi connectivity index (χ2n) is 9.92. The molecule has 0 aromatic heterocycles. The lowest BCUT2D eigenvalue weighted by molar-refractivity contribution is -0.120. The SMILES string of the molecule is CC(=O)N[C@@H](Cc1cccc(F)c1)[C@H](O)CN[C@H]1CCOc2ccc(CC(C)(C)C)cc21. The Morgan fingerprint density at radius 2 is 2.00 bits per heavy atom. The maximum atomic E-state index is 13.6. The highest BCUT2D eigenvalue weighted by Gasteiger charge is 2.26. The van der Waals surface area contributed by atoms with Gasteiger partial charge in [-0.15, -0.1) is 0 Å². The number of benzene rings is 2. The maximum absolute atomic E-state index is 13.6. The van der Waals surface area contributed by atoms with Gasteiger partial charge in [0.2, 0.25) is 5.91 Å². The third-order valence-corrected chi connectivity index (χ3v) is 5.62. The van der Waals surface area contributed by atoms with Crippen molar-refractivity contribution in [2.75, 3.05) is 13.2 Å². The monoisotopic (exact) mass is 442 g/mol. The fourth-order valence-electron chi connectivity index (χ4n) is 4.25. The zero-order valence-corrected chi connectivity index (χ0v) is 19.5. The number of ether oxygens (including phenoxy) is 1. The van der Waals surface area contributed by atoms with Gasteiger partial charge in [-0.25, -0.2) is 4.39 Å². The van der Waals surface area contributed by atoms with E-state index in [1.165, 1.54) is 24.6 Å². The first kappa shape index (κ1) is 24.2. The molecule has 2 aromatic carbocycles. The van der Waals surface area contributed by atoms with Crippen LogP contribution in [0.3, 0.4) is 0 Å². The van der Waals surface area contributed by atoms with E-state index in [9.17, 15) is 14.3 Å². The average molecular weight is 443 g/mol. The van der Waals surface area contributed by atoms with Crippen LogP contribution in [0.1, 0.15) is 56.8 Å². The quantitative estimate of drug-likeness (QED) is 0.579. The van der Waals surface area contributed by atoms with E-state index in [4.69, 9.17) is 4.74 Å². The third-order valence-electron chi connectivity index (χ3n) is 5.62. The minimum Gasteiger partial charge on any atom is -0.493 e. The van der Waals surface area contributed by atoms with Crippen molar-refractivity contribution in [2.45, 2.75) is 65.1 Å². The molecular formula is C26H35FN2O3. The van der Waals surface area contributed by atoms with Gasteiger partial charge in [-0.1, -0.05) is 45.0 Å². The Bertz CT molecular complexity index is 926. The van der Waals surface area contributed by atoms with Crippen molar-refractivity contribution in [3.8, 4) is 5.75 Å². The average Bonchev–Trinajstić information content (AvgIpc) is 2.70. The molecule has 32 heavy (non-hydrogen) atoms. The zero-order valence-electron chi connectivity index (χ0n) is 19.5. The molecule has 6 heteroatoms. The summed E-state index contributed by atoms with van der Waals surface area (Å²) >= 11 is 0. The predicted molar refractivity (Wildman–Crippen MR) is 124 cm³/mol. The largest absolute Gasteiger partial charge is 0.493 e. The van der Waals surface area contributed by atoms with Crippen LogP contribution >= 0.6 is 0 Å². The number of hydrogen-bond donors (Lipinski definition) is 3. The number of halogens is 1. The van der Waals surface area contributed by atoms with E-state index in [1.807, 2.05) is 6.07 Å². The second kappa shape index (κ2) is 10.5. The lowest BCUT2D eigenvalue weighted by Gasteiger charge is -2.30. The van der Waals surface area contributed by atoms with E-state index in [2.05, 4.69) is 43.5 Å². The number of hydrogen-bond acceptors (Lipinski definition) is 4. The van der Waals surface area contributed by atoms with Crippen molar-refractivity contribution in [1.82, 2.24) is 10.6 Å². The summed E-state index contributed by atoms with van der Waals surface area (Å²) in [6.07, 6.45) is 1.29. The van der Waals surface area contributed by atoms with Crippen molar-refractivity contribution in [3.63, 3.8) is 0 Å². The van der Waals surface area contributed by atoms with Gasteiger partial charge in [-0.05, 0) is 47.6 Å². The predicted octanol–water partition coefficient (Wildman–Crippen LogP) is 3.94. The van der Waals surface area contributed by atoms with Crippen LogP contribution in [-0.4, -0.2) is 36.3 Å². The highest BCUT2D eigenvalue weighted by molar-refractivity contribution is 5.73. The molecule has 2 aromatic rings. The summed E-state index contributed by atoms with van der Waals surface area (Å²) in [4.78, 5) is 11.7. The summed E-state index contributed by atoms with van der Waals surface area (Å²) in [5.41, 5.74) is 3.28. The minimum absolute atomic E-state index is 0.0560. The lowest BCUT2D eigenvalue weighted by atomic mass is 9.86. The van der Waals surface area contributed by atoms with Crippen LogP contribution in [0.15, 0.2) is 42.5 Å². The fraction of sp³-hybridized carbons (Fsp3) is 0.500. The second-order valence-corrected chi connectivity index (χ2v) is 9.92. The van der Waals surface area contributed by atoms with Crippen molar-refractivity contribution in [2.24, 2.45) is 5.41 Å². The molecule has 5 nitrogen and oxygen atoms in total. The first-order valence-electron chi connectivity index (χ1n) is 11.3. The van der Waals surface area contributed by atoms with Crippen LogP contribution in [-0.2, 0) is 17.6 Å². The Balaban J connectivity index is 1.69. The topological polar surface area (TPSA) is 70.6 Å². The maximum Gasteiger partial charge on any atom is 0.217 e. The molecule has 0 aliphatic carbocycles. The summed E-state index contributed by atoms with van der Waals surface area (Å²) in [6, 6.07) is 12.1. The van der Waals surface area contributed by atoms with Gasteiger partial charge in [0.1, 0.15) is 11.6 Å². The van der Waals surface area contributed by atoms with Gasteiger partial charge in [0.05, 0.1) is 18.8 Å². The molecule has 3 N–H and O–H groups in total. The van der Waals surface area contributed by atoms with Gasteiger partial charge in [-0.2, -0.15) is 0 Å². The van der Waals surface area contributed by atoms with Crippen molar-refractivity contribution in [1.29, 1.82) is 0 Å². The Labute approximate surface area is 190 Å². The Morgan fingerprint density at radius 3 is 2.69 bits per heavy atom. The Morgan fingerprint density at radius 1 is 1.22 bits per heavy atom. The zero-order chi connectivity index (χ0) is 23.3. The van der Waals surface area contributed by atoms with Crippen LogP contribution in [0.5, 0.6) is 5.75 Å². The van der Waals surface area contributed by atoms with Gasteiger partial charge in [-0.3, -0.25) is 4.79 Å². The Hall–Kier alpha value is -2.44. The number of nitrogens with one attached hydrogen (secondary N) is 2. The molecule has 3 rings (SSSR count). The standard InChI is InChI=1S/C26H35FN2O3/c1-17(30)29-23(14-18-6-5-7-20(27)12-18)24(31)16-28-22-10-11-32-25-9-8-19(13-21(22)25)15-26(2,3)4/h5-9,12-13,22-24,28,31H,10-11,14-16H2,1-4H3,(H,29,30)/t22-,23-,24+/m0/s1. The van der Waals surface area contributed by atoms with Crippen molar-refractivity contribution < 1.29 is 19.0 Å². The van der Waals surface area contributed by atoms with Crippen LogP contribution in [0.2, 0.25) is 0 Å². The lowest BCUT2D eigenvalue weighted by Crippen LogP contribution is -2.48. The van der Waals surface area contributed by atoms with E-state index >= 15 is 0 Å². The van der Waals surface area contributed by atoms with E-state index in [0.29, 0.717) is 19.6 Å². The molecular weight excluding hydrogens is 407 g/mol. The molecule has 0 fully saturated rings. The number of aliphatic hydroxyl groups is 1. The van der Waals surface area contributed by atoms with E-state index < -0.39 is 12.1 Å². The van der Waals surface area contributed by atoms with Crippen molar-refractivity contribution in [3.05, 3.63) is 65.0 Å². The van der Waals surface area contributed by atoms with Crippen molar-refractivity contribution >= 4 is 5.91 Å². The molecule has 1 heterocycles. The molecule has 1 aliphatic heterocycles. The summed E-state index contributed by atoms with van der Waals surface area (Å²) in [5.74, 6) is 0.314. The molecule has 0 radical (unpaired) electrons. The fourth-order valence-corrected chi connectivity index (χ4v) is 4.25. The number of carbonyl (C=O) groups is 1. The van der Waals surface area contributed by atoms with Gasteiger partial charge in [0.25, 0.3) is 0 Å². The molecule has 174 valence electrons. The normalized spacial score (nSPS) is 17.8. The van der Waals surface area contributed by atoms with E-state index in [0.717, 1.165) is 29.7 Å². The summed E-state index contributed by atoms with van der Waals surface area (Å²) in [7, 11) is 0. The first-order chi connectivity index (χ1) is 15.1. The molecule has 1 aliphatic rings. The number of aliphatic hydroxyl groups excluding tert-OH is 1. The van der Waals surface area contributed by atoms with Gasteiger partial charge in [0.15, 0.2) is 0 Å². The van der Waals surface area contributed by atoms with Crippen LogP contribution < -0.4 is 15.4 Å². The van der Waals surface area contributed by atoms with Crippen LogP contribution in [0.4, 0.5) is 4.39 Å². The highest BCUT2D eigenvalue weighted by atomic mass is 19.1. The molecule has 3 atom stereocenters. The van der Waals surface area contributed by atoms with Gasteiger partial charge < -0.3 is 20.5 Å². The highest BCUT2D eigenvalue weighted by Crippen LogP contribution is 2.34. The molecule has 0 spiro atoms. The number of rotatable bonds is 8. The Kier molecular flexibility index (Phi) is 7.91. The summed E-state index contributed by atoms with van der Waals surface area (Å²) in [5, 5.41) is 17.1. The molecule has 0 saturated carbocycles. The number of amides is 1. The third kappa shape index (κ3) is 7.04. The van der Waals surface area contributed by atoms with Gasteiger partial charge in [0, 0.05) is 31.5 Å². The minimum atomic E-state index is -0.828. The van der Waals surface area contributed by atoms with E-state index in [-0.39, 0.29) is 23.2 Å². The smallest absolute Gasteiger partial charge is 0.217 e. The first-order valence-corrected chi connectivity index (χ1v) is 11.3. The molecule has 0 unspecified atom stereocenters. The number of carbonyl (C=O) groups excluding carboxylic acids is 1. The summed E-state index contributed by atoms with van der Waals surface area (Å²) < 4.78 is 19.4. The summed E-state index contributed by atoms with van der Waals surface area (Å²) in [6.45, 7) is 8.98. The van der Waals surface area contributed by atoms with Crippen LogP contribution in [0, 0.1) is 11.2 Å². The molecule has 1 amide bonds. The van der Waals surface area contributed by atoms with Gasteiger partial charge >= 0.3 is 0 Å².